The summed E-state index contributed by atoms with van der Waals surface area (Å²) in [7, 11) is 0.830. The SMILES string of the molecule is COc1cccc(CNC(=O)N2CCc3cc(B4OC(C)(C)C(C)(C)O4)c(F)cc32)c1. The predicted molar refractivity (Wildman–Crippen MR) is 118 cm³/mol. The molecule has 1 saturated heterocycles. The summed E-state index contributed by atoms with van der Waals surface area (Å²) in [6.45, 7) is 8.60. The molecule has 6 nitrogen and oxygen atoms in total. The molecule has 0 aromatic heterocycles. The number of nitrogens with zero attached hydrogens (tertiary/aromatic N) is 1. The van der Waals surface area contributed by atoms with Crippen molar-refractivity contribution in [2.24, 2.45) is 0 Å². The van der Waals surface area contributed by atoms with E-state index < -0.39 is 24.1 Å². The van der Waals surface area contributed by atoms with E-state index in [2.05, 4.69) is 5.32 Å². The van der Waals surface area contributed by atoms with Crippen LogP contribution in [0.25, 0.3) is 0 Å². The maximum Gasteiger partial charge on any atom is 0.497 e. The Hall–Kier alpha value is -2.58. The maximum atomic E-state index is 15.0. The molecule has 31 heavy (non-hydrogen) atoms. The fraction of sp³-hybridized carbons (Fsp3) is 0.435. The van der Waals surface area contributed by atoms with Gasteiger partial charge in [0.25, 0.3) is 0 Å². The highest BCUT2D eigenvalue weighted by atomic mass is 19.1. The van der Waals surface area contributed by atoms with Crippen LogP contribution in [-0.2, 0) is 22.3 Å². The Morgan fingerprint density at radius 1 is 1.19 bits per heavy atom. The molecule has 1 N–H and O–H groups in total. The smallest absolute Gasteiger partial charge is 0.497 e. The van der Waals surface area contributed by atoms with Crippen LogP contribution in [0.15, 0.2) is 36.4 Å². The molecule has 0 saturated carbocycles. The van der Waals surface area contributed by atoms with Gasteiger partial charge >= 0.3 is 13.1 Å². The van der Waals surface area contributed by atoms with Gasteiger partial charge in [-0.2, -0.15) is 0 Å². The zero-order valence-corrected chi connectivity index (χ0v) is 18.6. The second kappa shape index (κ2) is 7.84. The lowest BCUT2D eigenvalue weighted by Crippen LogP contribution is -2.41. The van der Waals surface area contributed by atoms with E-state index in [-0.39, 0.29) is 6.03 Å². The second-order valence-electron chi connectivity index (χ2n) is 9.00. The molecule has 164 valence electrons. The Morgan fingerprint density at radius 3 is 2.58 bits per heavy atom. The number of ether oxygens (including phenoxy) is 1. The third-order valence-corrected chi connectivity index (χ3v) is 6.42. The van der Waals surface area contributed by atoms with Crippen molar-refractivity contribution in [3.8, 4) is 5.75 Å². The van der Waals surface area contributed by atoms with Gasteiger partial charge in [-0.25, -0.2) is 9.18 Å². The Bertz CT molecular complexity index is 995. The van der Waals surface area contributed by atoms with Crippen molar-refractivity contribution in [2.75, 3.05) is 18.6 Å². The zero-order chi connectivity index (χ0) is 22.4. The van der Waals surface area contributed by atoms with Gasteiger partial charge in [0.2, 0.25) is 0 Å². The Balaban J connectivity index is 1.49. The molecule has 0 radical (unpaired) electrons. The van der Waals surface area contributed by atoms with Crippen LogP contribution in [0.1, 0.15) is 38.8 Å². The lowest BCUT2D eigenvalue weighted by molar-refractivity contribution is 0.00578. The zero-order valence-electron chi connectivity index (χ0n) is 18.6. The van der Waals surface area contributed by atoms with E-state index in [9.17, 15) is 4.79 Å². The topological polar surface area (TPSA) is 60.0 Å². The molecule has 2 heterocycles. The highest BCUT2D eigenvalue weighted by molar-refractivity contribution is 6.62. The van der Waals surface area contributed by atoms with Gasteiger partial charge in [-0.05, 0) is 63.4 Å². The van der Waals surface area contributed by atoms with Crippen molar-refractivity contribution in [1.29, 1.82) is 0 Å². The summed E-state index contributed by atoms with van der Waals surface area (Å²) in [6, 6.07) is 10.4. The molecule has 8 heteroatoms. The fourth-order valence-corrected chi connectivity index (χ4v) is 3.85. The van der Waals surface area contributed by atoms with Crippen molar-refractivity contribution in [3.63, 3.8) is 0 Å². The number of benzene rings is 2. The Morgan fingerprint density at radius 2 is 1.90 bits per heavy atom. The lowest BCUT2D eigenvalue weighted by Gasteiger charge is -2.32. The Kier molecular flexibility index (Phi) is 5.47. The van der Waals surface area contributed by atoms with Gasteiger partial charge in [0.15, 0.2) is 0 Å². The van der Waals surface area contributed by atoms with Gasteiger partial charge in [-0.3, -0.25) is 4.90 Å². The van der Waals surface area contributed by atoms with Gasteiger partial charge in [0.05, 0.1) is 24.0 Å². The molecule has 2 amide bonds. The minimum atomic E-state index is -0.772. The number of nitrogens with one attached hydrogen (secondary N) is 1. The van der Waals surface area contributed by atoms with E-state index in [1.165, 1.54) is 6.07 Å². The molecule has 2 aromatic rings. The molecule has 0 spiro atoms. The standard InChI is InChI=1S/C23H28BFN2O4/c1-22(2)23(3,4)31-24(30-22)18-12-16-9-10-27(20(16)13-19(18)25)21(28)26-14-15-7-6-8-17(11-15)29-5/h6-8,11-13H,9-10,14H2,1-5H3,(H,26,28). The first-order chi connectivity index (χ1) is 14.6. The lowest BCUT2D eigenvalue weighted by atomic mass is 9.77. The number of hydrogen-bond acceptors (Lipinski definition) is 4. The van der Waals surface area contributed by atoms with E-state index in [4.69, 9.17) is 14.0 Å². The molecule has 2 aliphatic heterocycles. The number of fused-ring (bicyclic) bond motifs is 1. The van der Waals surface area contributed by atoms with Gasteiger partial charge < -0.3 is 19.4 Å². The van der Waals surface area contributed by atoms with Crippen LogP contribution in [0, 0.1) is 5.82 Å². The molecule has 0 bridgehead atoms. The summed E-state index contributed by atoms with van der Waals surface area (Å²) < 4.78 is 32.3. The molecule has 2 aromatic carbocycles. The summed E-state index contributed by atoms with van der Waals surface area (Å²) in [5, 5.41) is 2.90. The molecular formula is C23H28BFN2O4. The number of carbonyl (C=O) groups excluding carboxylic acids is 1. The first-order valence-corrected chi connectivity index (χ1v) is 10.5. The van der Waals surface area contributed by atoms with E-state index in [1.807, 2.05) is 52.0 Å². The van der Waals surface area contributed by atoms with Crippen LogP contribution >= 0.6 is 0 Å². The normalized spacial score (nSPS) is 18.8. The summed E-state index contributed by atoms with van der Waals surface area (Å²) in [5.74, 6) is 0.292. The summed E-state index contributed by atoms with van der Waals surface area (Å²) in [4.78, 5) is 14.3. The largest absolute Gasteiger partial charge is 0.497 e. The van der Waals surface area contributed by atoms with Crippen LogP contribution in [0.3, 0.4) is 0 Å². The molecule has 2 aliphatic rings. The van der Waals surface area contributed by atoms with Crippen molar-refractivity contribution >= 4 is 24.3 Å². The number of amides is 2. The average molecular weight is 426 g/mol. The van der Waals surface area contributed by atoms with E-state index in [0.717, 1.165) is 16.9 Å². The molecular weight excluding hydrogens is 398 g/mol. The number of anilines is 1. The number of urea groups is 1. The first-order valence-electron chi connectivity index (χ1n) is 10.5. The number of halogens is 1. The van der Waals surface area contributed by atoms with Crippen molar-refractivity contribution in [3.05, 3.63) is 53.3 Å². The highest BCUT2D eigenvalue weighted by Gasteiger charge is 2.52. The quantitative estimate of drug-likeness (QED) is 0.762. The van der Waals surface area contributed by atoms with Gasteiger partial charge in [0, 0.05) is 18.6 Å². The average Bonchev–Trinajstić information content (AvgIpc) is 3.22. The van der Waals surface area contributed by atoms with Gasteiger partial charge in [-0.15, -0.1) is 0 Å². The van der Waals surface area contributed by atoms with Crippen molar-refractivity contribution in [2.45, 2.75) is 51.9 Å². The number of methoxy groups -OCH3 is 1. The molecule has 1 fully saturated rings. The predicted octanol–water partition coefficient (Wildman–Crippen LogP) is 3.41. The van der Waals surface area contributed by atoms with Crippen LogP contribution in [-0.4, -0.2) is 38.0 Å². The summed E-state index contributed by atoms with van der Waals surface area (Å²) >= 11 is 0. The van der Waals surface area contributed by atoms with E-state index in [1.54, 1.807) is 18.1 Å². The summed E-state index contributed by atoms with van der Waals surface area (Å²) in [5.41, 5.74) is 1.69. The molecule has 0 aliphatic carbocycles. The molecule has 0 unspecified atom stereocenters. The Labute approximate surface area is 182 Å². The number of carbonyl (C=O) groups is 1. The minimum absolute atomic E-state index is 0.260. The monoisotopic (exact) mass is 426 g/mol. The highest BCUT2D eigenvalue weighted by Crippen LogP contribution is 2.37. The van der Waals surface area contributed by atoms with Crippen molar-refractivity contribution < 1.29 is 23.2 Å². The van der Waals surface area contributed by atoms with Crippen LogP contribution in [0.4, 0.5) is 14.9 Å². The number of hydrogen-bond donors (Lipinski definition) is 1. The van der Waals surface area contributed by atoms with Crippen LogP contribution < -0.4 is 20.4 Å². The third-order valence-electron chi connectivity index (χ3n) is 6.42. The fourth-order valence-electron chi connectivity index (χ4n) is 3.85. The maximum absolute atomic E-state index is 15.0. The molecule has 0 atom stereocenters. The van der Waals surface area contributed by atoms with Gasteiger partial charge in [0.1, 0.15) is 11.6 Å². The van der Waals surface area contributed by atoms with Crippen LogP contribution in [0.5, 0.6) is 5.75 Å². The number of rotatable bonds is 4. The molecule has 4 rings (SSSR count). The van der Waals surface area contributed by atoms with Gasteiger partial charge in [-0.1, -0.05) is 18.2 Å². The van der Waals surface area contributed by atoms with Crippen molar-refractivity contribution in [1.82, 2.24) is 5.32 Å². The summed E-state index contributed by atoms with van der Waals surface area (Å²) in [6.07, 6.45) is 0.648. The van der Waals surface area contributed by atoms with Crippen LogP contribution in [0.2, 0.25) is 0 Å². The first kappa shape index (κ1) is 21.6. The third kappa shape index (κ3) is 4.02. The van der Waals surface area contributed by atoms with E-state index in [0.29, 0.717) is 30.7 Å². The second-order valence-corrected chi connectivity index (χ2v) is 9.00. The minimum Gasteiger partial charge on any atom is -0.497 e. The van der Waals surface area contributed by atoms with E-state index >= 15 is 4.39 Å².